The highest BCUT2D eigenvalue weighted by atomic mass is 35.5. The standard InChI is InChI=1S/C18H15ClN2O2/c1-2-23-18(22)21-20-11-16-12-7-3-5-9-14(12)17(19)15-10-6-4-8-13(15)16/h3-11H,2H2,1H3,(H,21,22). The summed E-state index contributed by atoms with van der Waals surface area (Å²) in [6, 6.07) is 15.7. The number of nitrogens with one attached hydrogen (secondary N) is 1. The SMILES string of the molecule is CCOC(=O)NN=Cc1c2ccccc2c(Cl)c2ccccc12. The molecule has 4 nitrogen and oxygen atoms in total. The van der Waals surface area contributed by atoms with Crippen LogP contribution in [0.4, 0.5) is 4.79 Å². The highest BCUT2D eigenvalue weighted by molar-refractivity contribution is 6.42. The number of halogens is 1. The first-order valence-electron chi connectivity index (χ1n) is 7.27. The Labute approximate surface area is 138 Å². The monoisotopic (exact) mass is 326 g/mol. The minimum absolute atomic E-state index is 0.300. The van der Waals surface area contributed by atoms with Crippen LogP contribution >= 0.6 is 11.6 Å². The van der Waals surface area contributed by atoms with Crippen molar-refractivity contribution in [1.82, 2.24) is 5.43 Å². The summed E-state index contributed by atoms with van der Waals surface area (Å²) in [5, 5.41) is 8.57. The molecule has 0 aromatic heterocycles. The molecule has 3 rings (SSSR count). The molecule has 0 atom stereocenters. The van der Waals surface area contributed by atoms with Gasteiger partial charge in [0, 0.05) is 16.3 Å². The van der Waals surface area contributed by atoms with Crippen LogP contribution in [0.5, 0.6) is 0 Å². The van der Waals surface area contributed by atoms with Crippen LogP contribution < -0.4 is 5.43 Å². The van der Waals surface area contributed by atoms with Crippen LogP contribution in [0.2, 0.25) is 5.02 Å². The van der Waals surface area contributed by atoms with Gasteiger partial charge in [0.25, 0.3) is 0 Å². The van der Waals surface area contributed by atoms with E-state index in [0.29, 0.717) is 11.6 Å². The third-order valence-corrected chi connectivity index (χ3v) is 3.94. The molecule has 0 bridgehead atoms. The summed E-state index contributed by atoms with van der Waals surface area (Å²) in [7, 11) is 0. The van der Waals surface area contributed by atoms with Gasteiger partial charge >= 0.3 is 6.09 Å². The van der Waals surface area contributed by atoms with E-state index < -0.39 is 6.09 Å². The molecule has 0 fully saturated rings. The predicted octanol–water partition coefficient (Wildman–Crippen LogP) is 4.73. The van der Waals surface area contributed by atoms with Crippen molar-refractivity contribution >= 4 is 45.5 Å². The van der Waals surface area contributed by atoms with Gasteiger partial charge in [-0.2, -0.15) is 5.10 Å². The average Bonchev–Trinajstić information content (AvgIpc) is 2.58. The second-order valence-corrected chi connectivity index (χ2v) is 5.29. The molecular weight excluding hydrogens is 312 g/mol. The molecule has 5 heteroatoms. The number of rotatable bonds is 3. The zero-order valence-electron chi connectivity index (χ0n) is 12.5. The molecule has 0 saturated carbocycles. The molecular formula is C18H15ClN2O2. The van der Waals surface area contributed by atoms with Crippen LogP contribution in [0.25, 0.3) is 21.5 Å². The van der Waals surface area contributed by atoms with Gasteiger partial charge in [0.15, 0.2) is 0 Å². The maximum absolute atomic E-state index is 11.3. The zero-order chi connectivity index (χ0) is 16.2. The molecule has 1 amide bonds. The molecule has 0 aliphatic carbocycles. The Bertz CT molecular complexity index is 849. The van der Waals surface area contributed by atoms with Crippen molar-refractivity contribution in [2.45, 2.75) is 6.92 Å². The molecule has 0 unspecified atom stereocenters. The van der Waals surface area contributed by atoms with Gasteiger partial charge in [-0.05, 0) is 17.7 Å². The first-order chi connectivity index (χ1) is 11.2. The Morgan fingerprint density at radius 3 is 2.13 bits per heavy atom. The molecule has 0 aliphatic heterocycles. The number of carbonyl (C=O) groups is 1. The van der Waals surface area contributed by atoms with Crippen molar-refractivity contribution in [1.29, 1.82) is 0 Å². The summed E-state index contributed by atoms with van der Waals surface area (Å²) >= 11 is 6.54. The Balaban J connectivity index is 2.15. The molecule has 3 aromatic carbocycles. The lowest BCUT2D eigenvalue weighted by Gasteiger charge is -2.10. The molecule has 1 N–H and O–H groups in total. The maximum Gasteiger partial charge on any atom is 0.427 e. The van der Waals surface area contributed by atoms with Crippen LogP contribution in [0.1, 0.15) is 12.5 Å². The minimum Gasteiger partial charge on any atom is -0.449 e. The average molecular weight is 327 g/mol. The Morgan fingerprint density at radius 2 is 1.61 bits per heavy atom. The van der Waals surface area contributed by atoms with E-state index in [1.54, 1.807) is 13.1 Å². The Morgan fingerprint density at radius 1 is 1.09 bits per heavy atom. The number of nitrogens with zero attached hydrogens (tertiary/aromatic N) is 1. The number of amides is 1. The Hall–Kier alpha value is -2.59. The van der Waals surface area contributed by atoms with Crippen LogP contribution in [-0.4, -0.2) is 18.9 Å². The highest BCUT2D eigenvalue weighted by Gasteiger charge is 2.10. The second-order valence-electron chi connectivity index (χ2n) is 4.91. The number of hydrogen-bond donors (Lipinski definition) is 1. The smallest absolute Gasteiger partial charge is 0.427 e. The maximum atomic E-state index is 11.3. The molecule has 116 valence electrons. The van der Waals surface area contributed by atoms with E-state index in [2.05, 4.69) is 10.5 Å². The lowest BCUT2D eigenvalue weighted by Crippen LogP contribution is -2.18. The van der Waals surface area contributed by atoms with Crippen LogP contribution in [-0.2, 0) is 4.74 Å². The molecule has 0 heterocycles. The Kier molecular flexibility index (Phi) is 4.44. The summed E-state index contributed by atoms with van der Waals surface area (Å²) < 4.78 is 4.79. The summed E-state index contributed by atoms with van der Waals surface area (Å²) in [4.78, 5) is 11.3. The summed E-state index contributed by atoms with van der Waals surface area (Å²) in [6.07, 6.45) is 1.05. The fraction of sp³-hybridized carbons (Fsp3) is 0.111. The van der Waals surface area contributed by atoms with E-state index in [9.17, 15) is 4.79 Å². The number of ether oxygens (including phenoxy) is 1. The first-order valence-corrected chi connectivity index (χ1v) is 7.65. The third kappa shape index (κ3) is 2.98. The number of benzene rings is 3. The van der Waals surface area contributed by atoms with Crippen molar-refractivity contribution in [2.75, 3.05) is 6.61 Å². The van der Waals surface area contributed by atoms with Gasteiger partial charge in [-0.25, -0.2) is 10.2 Å². The normalized spacial score (nSPS) is 11.2. The largest absolute Gasteiger partial charge is 0.449 e. The molecule has 23 heavy (non-hydrogen) atoms. The predicted molar refractivity (Wildman–Crippen MR) is 94.2 cm³/mol. The van der Waals surface area contributed by atoms with Crippen molar-refractivity contribution < 1.29 is 9.53 Å². The lowest BCUT2D eigenvalue weighted by atomic mass is 9.97. The number of fused-ring (bicyclic) bond motifs is 2. The van der Waals surface area contributed by atoms with Crippen LogP contribution in [0, 0.1) is 0 Å². The van der Waals surface area contributed by atoms with Gasteiger partial charge in [0.1, 0.15) is 0 Å². The van der Waals surface area contributed by atoms with E-state index in [4.69, 9.17) is 16.3 Å². The topological polar surface area (TPSA) is 50.7 Å². The molecule has 0 aliphatic rings. The van der Waals surface area contributed by atoms with E-state index in [0.717, 1.165) is 27.1 Å². The van der Waals surface area contributed by atoms with Gasteiger partial charge in [-0.3, -0.25) is 0 Å². The van der Waals surface area contributed by atoms with Crippen molar-refractivity contribution in [3.05, 3.63) is 59.1 Å². The second kappa shape index (κ2) is 6.67. The molecule has 0 spiro atoms. The zero-order valence-corrected chi connectivity index (χ0v) is 13.3. The van der Waals surface area contributed by atoms with E-state index >= 15 is 0 Å². The van der Waals surface area contributed by atoms with Gasteiger partial charge in [-0.15, -0.1) is 0 Å². The van der Waals surface area contributed by atoms with Gasteiger partial charge in [0.05, 0.1) is 17.8 Å². The quantitative estimate of drug-likeness (QED) is 0.430. The lowest BCUT2D eigenvalue weighted by molar-refractivity contribution is 0.152. The number of carbonyl (C=O) groups excluding carboxylic acids is 1. The van der Waals surface area contributed by atoms with E-state index in [-0.39, 0.29) is 0 Å². The van der Waals surface area contributed by atoms with Crippen LogP contribution in [0.15, 0.2) is 53.6 Å². The molecule has 3 aromatic rings. The van der Waals surface area contributed by atoms with Crippen molar-refractivity contribution in [3.63, 3.8) is 0 Å². The van der Waals surface area contributed by atoms with Crippen molar-refractivity contribution in [2.24, 2.45) is 5.10 Å². The van der Waals surface area contributed by atoms with Gasteiger partial charge < -0.3 is 4.74 Å². The first kappa shape index (κ1) is 15.3. The number of hydrazone groups is 1. The summed E-state index contributed by atoms with van der Waals surface area (Å²) in [5.74, 6) is 0. The molecule has 0 radical (unpaired) electrons. The van der Waals surface area contributed by atoms with E-state index in [1.165, 1.54) is 0 Å². The van der Waals surface area contributed by atoms with E-state index in [1.807, 2.05) is 48.5 Å². The number of hydrogen-bond acceptors (Lipinski definition) is 3. The highest BCUT2D eigenvalue weighted by Crippen LogP contribution is 2.35. The van der Waals surface area contributed by atoms with Crippen LogP contribution in [0.3, 0.4) is 0 Å². The molecule has 0 saturated heterocycles. The fourth-order valence-electron chi connectivity index (χ4n) is 2.56. The summed E-state index contributed by atoms with van der Waals surface area (Å²) in [6.45, 7) is 2.04. The minimum atomic E-state index is -0.577. The third-order valence-electron chi connectivity index (χ3n) is 3.53. The van der Waals surface area contributed by atoms with Gasteiger partial charge in [0.2, 0.25) is 0 Å². The fourth-order valence-corrected chi connectivity index (χ4v) is 2.89. The van der Waals surface area contributed by atoms with Crippen molar-refractivity contribution in [3.8, 4) is 0 Å². The summed E-state index contributed by atoms with van der Waals surface area (Å²) in [5.41, 5.74) is 3.25. The van der Waals surface area contributed by atoms with Gasteiger partial charge in [-0.1, -0.05) is 60.1 Å².